The minimum absolute atomic E-state index is 0.151. The van der Waals surface area contributed by atoms with Gasteiger partial charge < -0.3 is 24.1 Å². The van der Waals surface area contributed by atoms with E-state index in [4.69, 9.17) is 18.9 Å². The maximum atomic E-state index is 10.1. The highest BCUT2D eigenvalue weighted by molar-refractivity contribution is 7.00. The lowest BCUT2D eigenvalue weighted by Gasteiger charge is -2.25. The van der Waals surface area contributed by atoms with E-state index < -0.39 is 8.07 Å². The number of ether oxygens (including phenoxy) is 4. The molecule has 0 radical (unpaired) electrons. The van der Waals surface area contributed by atoms with Crippen molar-refractivity contribution in [3.05, 3.63) is 30.3 Å². The fraction of sp³-hybridized carbons (Fsp3) is 0.294. The molecule has 0 amide bonds. The summed E-state index contributed by atoms with van der Waals surface area (Å²) in [4.78, 5) is 0. The first-order valence-electron chi connectivity index (χ1n) is 7.33. The zero-order valence-corrected chi connectivity index (χ0v) is 14.7. The summed E-state index contributed by atoms with van der Waals surface area (Å²) >= 11 is 0. The molecule has 0 saturated carbocycles. The smallest absolute Gasteiger partial charge is 0.231 e. The van der Waals surface area contributed by atoms with Crippen molar-refractivity contribution < 1.29 is 24.1 Å². The van der Waals surface area contributed by atoms with Gasteiger partial charge in [0.15, 0.2) is 23.0 Å². The highest BCUT2D eigenvalue weighted by atomic mass is 28.3. The van der Waals surface area contributed by atoms with Gasteiger partial charge in [0.05, 0.1) is 14.2 Å². The van der Waals surface area contributed by atoms with Crippen LogP contribution < -0.4 is 29.3 Å². The van der Waals surface area contributed by atoms with Crippen LogP contribution in [0.1, 0.15) is 0 Å². The summed E-state index contributed by atoms with van der Waals surface area (Å²) in [5.74, 6) is 2.66. The summed E-state index contributed by atoms with van der Waals surface area (Å²) in [6, 6.07) is 9.59. The number of aromatic hydroxyl groups is 1. The van der Waals surface area contributed by atoms with Crippen LogP contribution >= 0.6 is 0 Å². The molecule has 0 fully saturated rings. The van der Waals surface area contributed by atoms with E-state index in [1.54, 1.807) is 26.4 Å². The molecule has 1 aliphatic heterocycles. The largest absolute Gasteiger partial charge is 0.504 e. The Morgan fingerprint density at radius 1 is 0.957 bits per heavy atom. The van der Waals surface area contributed by atoms with Gasteiger partial charge in [0.2, 0.25) is 12.5 Å². The summed E-state index contributed by atoms with van der Waals surface area (Å²) in [5.41, 5.74) is 0. The summed E-state index contributed by atoms with van der Waals surface area (Å²) in [5, 5.41) is 12.3. The maximum Gasteiger partial charge on any atom is 0.231 e. The molecule has 0 bridgehead atoms. The predicted molar refractivity (Wildman–Crippen MR) is 90.5 cm³/mol. The Morgan fingerprint density at radius 3 is 2.35 bits per heavy atom. The SMILES string of the molecule is COc1ccc([Si](C)(C)c2cc(OC)c3c(c2)OCO3)cc1O. The lowest BCUT2D eigenvalue weighted by molar-refractivity contribution is 0.171. The van der Waals surface area contributed by atoms with E-state index in [1.165, 1.54) is 0 Å². The van der Waals surface area contributed by atoms with Crippen molar-refractivity contribution in [1.29, 1.82) is 0 Å². The number of hydrogen-bond donors (Lipinski definition) is 1. The van der Waals surface area contributed by atoms with Crippen LogP contribution in [0.3, 0.4) is 0 Å². The van der Waals surface area contributed by atoms with Crippen LogP contribution in [0.5, 0.6) is 28.7 Å². The van der Waals surface area contributed by atoms with Crippen LogP contribution in [0.25, 0.3) is 0 Å². The Labute approximate surface area is 136 Å². The van der Waals surface area contributed by atoms with Crippen molar-refractivity contribution in [1.82, 2.24) is 0 Å². The number of rotatable bonds is 4. The van der Waals surface area contributed by atoms with E-state index in [-0.39, 0.29) is 12.5 Å². The molecule has 0 saturated heterocycles. The van der Waals surface area contributed by atoms with Crippen molar-refractivity contribution in [2.75, 3.05) is 21.0 Å². The molecule has 23 heavy (non-hydrogen) atoms. The summed E-state index contributed by atoms with van der Waals surface area (Å²) in [7, 11) is 1.12. The van der Waals surface area contributed by atoms with Gasteiger partial charge in [0.1, 0.15) is 8.07 Å². The molecule has 122 valence electrons. The van der Waals surface area contributed by atoms with E-state index in [9.17, 15) is 5.11 Å². The van der Waals surface area contributed by atoms with Gasteiger partial charge >= 0.3 is 0 Å². The van der Waals surface area contributed by atoms with E-state index in [0.29, 0.717) is 23.0 Å². The monoisotopic (exact) mass is 332 g/mol. The third kappa shape index (κ3) is 2.59. The molecular weight excluding hydrogens is 312 g/mol. The molecule has 0 aromatic heterocycles. The Kier molecular flexibility index (Phi) is 3.85. The minimum Gasteiger partial charge on any atom is -0.504 e. The van der Waals surface area contributed by atoms with Crippen molar-refractivity contribution in [3.63, 3.8) is 0 Å². The average Bonchev–Trinajstić information content (AvgIpc) is 3.02. The standard InChI is InChI=1S/C17H20O5Si/c1-19-14-6-5-11(7-13(14)18)23(3,4)12-8-15(20-2)17-16(9-12)21-10-22-17/h5-9,18H,10H2,1-4H3. The molecule has 2 aromatic carbocycles. The van der Waals surface area contributed by atoms with Gasteiger partial charge in [-0.3, -0.25) is 0 Å². The van der Waals surface area contributed by atoms with E-state index in [0.717, 1.165) is 10.4 Å². The quantitative estimate of drug-likeness (QED) is 0.868. The van der Waals surface area contributed by atoms with Crippen molar-refractivity contribution in [3.8, 4) is 28.7 Å². The van der Waals surface area contributed by atoms with Gasteiger partial charge in [-0.15, -0.1) is 0 Å². The molecule has 1 N–H and O–H groups in total. The summed E-state index contributed by atoms with van der Waals surface area (Å²) in [6.45, 7) is 4.64. The maximum absolute atomic E-state index is 10.1. The highest BCUT2D eigenvalue weighted by Gasteiger charge is 2.31. The fourth-order valence-corrected chi connectivity index (χ4v) is 5.05. The molecule has 6 heteroatoms. The number of methoxy groups -OCH3 is 2. The first-order chi connectivity index (χ1) is 11.0. The molecule has 0 aliphatic carbocycles. The van der Waals surface area contributed by atoms with Gasteiger partial charge in [-0.25, -0.2) is 0 Å². The van der Waals surface area contributed by atoms with Crippen molar-refractivity contribution in [2.24, 2.45) is 0 Å². The van der Waals surface area contributed by atoms with Crippen molar-refractivity contribution in [2.45, 2.75) is 13.1 Å². The Hall–Kier alpha value is -2.34. The van der Waals surface area contributed by atoms with Gasteiger partial charge in [0.25, 0.3) is 0 Å². The van der Waals surface area contributed by atoms with Crippen molar-refractivity contribution >= 4 is 18.4 Å². The average molecular weight is 332 g/mol. The summed E-state index contributed by atoms with van der Waals surface area (Å²) in [6.07, 6.45) is 0. The molecule has 0 unspecified atom stereocenters. The van der Waals surface area contributed by atoms with Gasteiger partial charge in [-0.05, 0) is 29.5 Å². The normalized spacial score (nSPS) is 13.0. The predicted octanol–water partition coefficient (Wildman–Crippen LogP) is 1.96. The Bertz CT molecular complexity index is 742. The topological polar surface area (TPSA) is 57.2 Å². The lowest BCUT2D eigenvalue weighted by atomic mass is 10.3. The second-order valence-corrected chi connectivity index (χ2v) is 10.3. The molecule has 1 heterocycles. The minimum atomic E-state index is -2.04. The molecule has 0 spiro atoms. The fourth-order valence-electron chi connectivity index (χ4n) is 2.74. The Balaban J connectivity index is 2.07. The summed E-state index contributed by atoms with van der Waals surface area (Å²) < 4.78 is 21.5. The number of hydrogen-bond acceptors (Lipinski definition) is 5. The third-order valence-electron chi connectivity index (χ3n) is 4.28. The first-order valence-corrected chi connectivity index (χ1v) is 10.3. The van der Waals surface area contributed by atoms with Crippen LogP contribution in [0.4, 0.5) is 0 Å². The molecule has 2 aromatic rings. The van der Waals surface area contributed by atoms with Crippen LogP contribution in [0.2, 0.25) is 13.1 Å². The van der Waals surface area contributed by atoms with Crippen LogP contribution in [0, 0.1) is 0 Å². The molecular formula is C17H20O5Si. The van der Waals surface area contributed by atoms with Crippen LogP contribution in [-0.2, 0) is 0 Å². The second-order valence-electron chi connectivity index (χ2n) is 5.92. The molecule has 3 rings (SSSR count). The van der Waals surface area contributed by atoms with Crippen LogP contribution in [-0.4, -0.2) is 34.2 Å². The second kappa shape index (κ2) is 5.70. The number of phenolic OH excluding ortho intramolecular Hbond substituents is 1. The number of phenols is 1. The number of fused-ring (bicyclic) bond motifs is 1. The Morgan fingerprint density at radius 2 is 1.70 bits per heavy atom. The van der Waals surface area contributed by atoms with Crippen LogP contribution in [0.15, 0.2) is 30.3 Å². The third-order valence-corrected chi connectivity index (χ3v) is 7.77. The van der Waals surface area contributed by atoms with E-state index in [1.807, 2.05) is 18.2 Å². The van der Waals surface area contributed by atoms with Gasteiger partial charge in [-0.1, -0.05) is 24.3 Å². The zero-order valence-electron chi connectivity index (χ0n) is 13.7. The molecule has 0 atom stereocenters. The van der Waals surface area contributed by atoms with E-state index >= 15 is 0 Å². The number of benzene rings is 2. The van der Waals surface area contributed by atoms with Gasteiger partial charge in [0, 0.05) is 0 Å². The molecule has 5 nitrogen and oxygen atoms in total. The first kappa shape index (κ1) is 15.5. The zero-order chi connectivity index (χ0) is 16.6. The molecule has 1 aliphatic rings. The van der Waals surface area contributed by atoms with E-state index in [2.05, 4.69) is 13.1 Å². The van der Waals surface area contributed by atoms with Gasteiger partial charge in [-0.2, -0.15) is 0 Å². The lowest BCUT2D eigenvalue weighted by Crippen LogP contribution is -2.52. The highest BCUT2D eigenvalue weighted by Crippen LogP contribution is 2.40.